The lowest BCUT2D eigenvalue weighted by molar-refractivity contribution is -0.485. The highest BCUT2D eigenvalue weighted by molar-refractivity contribution is 6.06. The fourth-order valence-electron chi connectivity index (χ4n) is 3.27. The van der Waals surface area contributed by atoms with Crippen molar-refractivity contribution in [3.8, 4) is 0 Å². The maximum Gasteiger partial charge on any atom is 0.320 e. The molecule has 1 aliphatic carbocycles. The summed E-state index contributed by atoms with van der Waals surface area (Å²) in [5, 5.41) is 11.1. The second-order valence-electron chi connectivity index (χ2n) is 5.59. The number of nitro groups is 1. The van der Waals surface area contributed by atoms with E-state index in [-0.39, 0.29) is 25.2 Å². The summed E-state index contributed by atoms with van der Waals surface area (Å²) in [4.78, 5) is 35.5. The van der Waals surface area contributed by atoms with Crippen LogP contribution in [-0.2, 0) is 14.3 Å². The van der Waals surface area contributed by atoms with Gasteiger partial charge in [0.1, 0.15) is 11.2 Å². The van der Waals surface area contributed by atoms with Crippen LogP contribution in [0.5, 0.6) is 0 Å². The van der Waals surface area contributed by atoms with E-state index in [2.05, 4.69) is 0 Å². The van der Waals surface area contributed by atoms with Gasteiger partial charge in [-0.25, -0.2) is 4.39 Å². The molecule has 0 bridgehead atoms. The highest BCUT2D eigenvalue weighted by Gasteiger charge is 2.57. The van der Waals surface area contributed by atoms with E-state index in [1.165, 1.54) is 24.3 Å². The third-order valence-electron chi connectivity index (χ3n) is 4.31. The van der Waals surface area contributed by atoms with Crippen molar-refractivity contribution in [2.75, 3.05) is 13.2 Å². The molecule has 0 spiro atoms. The Labute approximate surface area is 132 Å². The van der Waals surface area contributed by atoms with Crippen LogP contribution in [0.4, 0.5) is 4.39 Å². The predicted molar refractivity (Wildman–Crippen MR) is 78.9 cm³/mol. The standard InChI is InChI=1S/C16H18FNO5/c1-2-23-15(20)16(9-3-4-14(16)19)13(10-18(21)22)11-5-7-12(17)8-6-11/h5-8,13H,2-4,9-10H2,1H3. The molecule has 0 saturated heterocycles. The fourth-order valence-corrected chi connectivity index (χ4v) is 3.27. The van der Waals surface area contributed by atoms with Crippen LogP contribution < -0.4 is 0 Å². The normalized spacial score (nSPS) is 21.9. The van der Waals surface area contributed by atoms with Crippen molar-refractivity contribution in [2.45, 2.75) is 32.1 Å². The van der Waals surface area contributed by atoms with Crippen LogP contribution in [0.3, 0.4) is 0 Å². The Morgan fingerprint density at radius 3 is 2.57 bits per heavy atom. The number of Topliss-reactive ketones (excluding diaryl/α,β-unsaturated/α-hetero) is 1. The van der Waals surface area contributed by atoms with E-state index in [0.29, 0.717) is 12.0 Å². The van der Waals surface area contributed by atoms with Crippen molar-refractivity contribution in [1.29, 1.82) is 0 Å². The Bertz CT molecular complexity index is 615. The van der Waals surface area contributed by atoms with Gasteiger partial charge in [-0.3, -0.25) is 19.7 Å². The molecule has 1 aromatic rings. The van der Waals surface area contributed by atoms with Gasteiger partial charge in [-0.2, -0.15) is 0 Å². The highest BCUT2D eigenvalue weighted by atomic mass is 19.1. The first-order valence-electron chi connectivity index (χ1n) is 7.49. The first-order valence-corrected chi connectivity index (χ1v) is 7.49. The molecule has 0 heterocycles. The number of rotatable bonds is 6. The molecule has 23 heavy (non-hydrogen) atoms. The minimum absolute atomic E-state index is 0.0858. The van der Waals surface area contributed by atoms with Crippen molar-refractivity contribution < 1.29 is 23.6 Å². The average Bonchev–Trinajstić information content (AvgIpc) is 2.88. The Balaban J connectivity index is 2.52. The Morgan fingerprint density at radius 2 is 2.09 bits per heavy atom. The number of benzene rings is 1. The molecule has 0 N–H and O–H groups in total. The zero-order valence-corrected chi connectivity index (χ0v) is 12.8. The second-order valence-corrected chi connectivity index (χ2v) is 5.59. The summed E-state index contributed by atoms with van der Waals surface area (Å²) in [5.74, 6) is -2.52. The van der Waals surface area contributed by atoms with Gasteiger partial charge >= 0.3 is 5.97 Å². The zero-order valence-electron chi connectivity index (χ0n) is 12.8. The lowest BCUT2D eigenvalue weighted by atomic mass is 9.70. The van der Waals surface area contributed by atoms with Crippen LogP contribution >= 0.6 is 0 Å². The molecule has 7 heteroatoms. The summed E-state index contributed by atoms with van der Waals surface area (Å²) < 4.78 is 18.2. The van der Waals surface area contributed by atoms with Gasteiger partial charge in [-0.1, -0.05) is 12.1 Å². The number of carbonyl (C=O) groups is 2. The zero-order chi connectivity index (χ0) is 17.0. The smallest absolute Gasteiger partial charge is 0.320 e. The summed E-state index contributed by atoms with van der Waals surface area (Å²) in [5.41, 5.74) is -1.16. The first kappa shape index (κ1) is 17.1. The van der Waals surface area contributed by atoms with Crippen LogP contribution in [-0.4, -0.2) is 29.8 Å². The lowest BCUT2D eigenvalue weighted by Gasteiger charge is -2.31. The van der Waals surface area contributed by atoms with Gasteiger partial charge in [-0.05, 0) is 37.5 Å². The SMILES string of the molecule is CCOC(=O)C1(C(C[N+](=O)[O-])c2ccc(F)cc2)CCCC1=O. The molecular formula is C16H18FNO5. The Hall–Kier alpha value is -2.31. The summed E-state index contributed by atoms with van der Waals surface area (Å²) in [6.45, 7) is 1.12. The van der Waals surface area contributed by atoms with Gasteiger partial charge in [0.15, 0.2) is 5.78 Å². The summed E-state index contributed by atoms with van der Waals surface area (Å²) in [6, 6.07) is 5.10. The number of hydrogen-bond donors (Lipinski definition) is 0. The van der Waals surface area contributed by atoms with Crippen LogP contribution in [0.15, 0.2) is 24.3 Å². The summed E-state index contributed by atoms with van der Waals surface area (Å²) >= 11 is 0. The Kier molecular flexibility index (Phi) is 5.08. The summed E-state index contributed by atoms with van der Waals surface area (Å²) in [7, 11) is 0. The van der Waals surface area contributed by atoms with Gasteiger partial charge in [0.25, 0.3) is 0 Å². The van der Waals surface area contributed by atoms with E-state index in [9.17, 15) is 24.1 Å². The van der Waals surface area contributed by atoms with E-state index in [1.807, 2.05) is 0 Å². The third-order valence-corrected chi connectivity index (χ3v) is 4.31. The number of hydrogen-bond acceptors (Lipinski definition) is 5. The predicted octanol–water partition coefficient (Wildman–Crippen LogP) is 2.49. The van der Waals surface area contributed by atoms with Crippen LogP contribution in [0.1, 0.15) is 37.7 Å². The van der Waals surface area contributed by atoms with Crippen molar-refractivity contribution in [3.63, 3.8) is 0 Å². The fraction of sp³-hybridized carbons (Fsp3) is 0.500. The molecule has 2 atom stereocenters. The number of ether oxygens (including phenoxy) is 1. The Morgan fingerprint density at radius 1 is 1.43 bits per heavy atom. The summed E-state index contributed by atoms with van der Waals surface area (Å²) in [6.07, 6.45) is 0.877. The molecule has 1 fully saturated rings. The minimum Gasteiger partial charge on any atom is -0.465 e. The monoisotopic (exact) mass is 323 g/mol. The van der Waals surface area contributed by atoms with E-state index in [0.717, 1.165) is 0 Å². The molecule has 2 unspecified atom stereocenters. The second kappa shape index (κ2) is 6.85. The van der Waals surface area contributed by atoms with Crippen LogP contribution in [0, 0.1) is 21.3 Å². The minimum atomic E-state index is -1.55. The van der Waals surface area contributed by atoms with Crippen molar-refractivity contribution in [3.05, 3.63) is 45.8 Å². The molecule has 6 nitrogen and oxygen atoms in total. The number of carbonyl (C=O) groups excluding carboxylic acids is 2. The largest absolute Gasteiger partial charge is 0.465 e. The van der Waals surface area contributed by atoms with Crippen molar-refractivity contribution in [1.82, 2.24) is 0 Å². The average molecular weight is 323 g/mol. The van der Waals surface area contributed by atoms with Crippen LogP contribution in [0.25, 0.3) is 0 Å². The molecule has 2 rings (SSSR count). The maximum absolute atomic E-state index is 13.1. The number of esters is 1. The van der Waals surface area contributed by atoms with E-state index >= 15 is 0 Å². The lowest BCUT2D eigenvalue weighted by Crippen LogP contribution is -2.45. The molecule has 0 amide bonds. The molecule has 0 radical (unpaired) electrons. The van der Waals surface area contributed by atoms with Gasteiger partial charge in [0.2, 0.25) is 6.54 Å². The van der Waals surface area contributed by atoms with Gasteiger partial charge in [0, 0.05) is 11.3 Å². The molecule has 1 saturated carbocycles. The number of nitrogens with zero attached hydrogens (tertiary/aromatic N) is 1. The molecule has 1 aromatic carbocycles. The van der Waals surface area contributed by atoms with E-state index < -0.39 is 34.6 Å². The first-order chi connectivity index (χ1) is 10.9. The van der Waals surface area contributed by atoms with Gasteiger partial charge < -0.3 is 4.74 Å². The molecule has 0 aromatic heterocycles. The van der Waals surface area contributed by atoms with Crippen molar-refractivity contribution in [2.24, 2.45) is 5.41 Å². The molecular weight excluding hydrogens is 305 g/mol. The molecule has 124 valence electrons. The number of ketones is 1. The quantitative estimate of drug-likeness (QED) is 0.347. The van der Waals surface area contributed by atoms with Gasteiger partial charge in [-0.15, -0.1) is 0 Å². The van der Waals surface area contributed by atoms with Crippen LogP contribution in [0.2, 0.25) is 0 Å². The maximum atomic E-state index is 13.1. The van der Waals surface area contributed by atoms with Crippen molar-refractivity contribution >= 4 is 11.8 Å². The van der Waals surface area contributed by atoms with E-state index in [4.69, 9.17) is 4.74 Å². The van der Waals surface area contributed by atoms with Gasteiger partial charge in [0.05, 0.1) is 12.5 Å². The van der Waals surface area contributed by atoms with E-state index in [1.54, 1.807) is 6.92 Å². The number of halogens is 1. The molecule has 1 aliphatic rings. The third kappa shape index (κ3) is 3.23. The highest BCUT2D eigenvalue weighted by Crippen LogP contribution is 2.47. The molecule has 0 aliphatic heterocycles. The topological polar surface area (TPSA) is 86.5 Å².